The zero-order valence-corrected chi connectivity index (χ0v) is 16.4. The fourth-order valence-corrected chi connectivity index (χ4v) is 3.24. The van der Waals surface area contributed by atoms with Crippen LogP contribution in [-0.2, 0) is 10.3 Å². The first-order valence-electron chi connectivity index (χ1n) is 9.44. The number of ether oxygens (including phenoxy) is 1. The molecule has 1 heterocycles. The van der Waals surface area contributed by atoms with Gasteiger partial charge in [0.05, 0.1) is 6.61 Å². The molecule has 148 valence electrons. The Hall–Kier alpha value is -2.89. The van der Waals surface area contributed by atoms with Crippen LogP contribution in [0.2, 0.25) is 0 Å². The van der Waals surface area contributed by atoms with E-state index in [9.17, 15) is 14.0 Å². The lowest BCUT2D eigenvalue weighted by molar-refractivity contribution is -0.131. The Labute approximate surface area is 164 Å². The van der Waals surface area contributed by atoms with Crippen molar-refractivity contribution in [2.45, 2.75) is 38.6 Å². The molecule has 0 spiro atoms. The second-order valence-corrected chi connectivity index (χ2v) is 7.44. The minimum absolute atomic E-state index is 0.255. The van der Waals surface area contributed by atoms with Crippen molar-refractivity contribution < 1.29 is 18.7 Å². The van der Waals surface area contributed by atoms with E-state index < -0.39 is 11.6 Å². The van der Waals surface area contributed by atoms with E-state index in [1.807, 2.05) is 24.3 Å². The van der Waals surface area contributed by atoms with E-state index >= 15 is 0 Å². The third-order valence-corrected chi connectivity index (χ3v) is 5.04. The van der Waals surface area contributed by atoms with Gasteiger partial charge in [-0.3, -0.25) is 9.69 Å². The number of hydrogen-bond donors (Lipinski definition) is 1. The number of nitrogens with one attached hydrogen (secondary N) is 1. The molecule has 0 aliphatic carbocycles. The highest BCUT2D eigenvalue weighted by molar-refractivity contribution is 6.07. The van der Waals surface area contributed by atoms with Gasteiger partial charge in [-0.05, 0) is 54.7 Å². The summed E-state index contributed by atoms with van der Waals surface area (Å²) in [6.07, 6.45) is 0.485. The molecule has 1 unspecified atom stereocenters. The van der Waals surface area contributed by atoms with Gasteiger partial charge in [0, 0.05) is 6.54 Å². The summed E-state index contributed by atoms with van der Waals surface area (Å²) in [5.74, 6) is 0.353. The van der Waals surface area contributed by atoms with E-state index in [1.54, 1.807) is 19.1 Å². The number of benzene rings is 2. The minimum atomic E-state index is -1.07. The Morgan fingerprint density at radius 2 is 1.71 bits per heavy atom. The molecule has 5 nitrogen and oxygen atoms in total. The molecule has 1 atom stereocenters. The summed E-state index contributed by atoms with van der Waals surface area (Å²) >= 11 is 0. The van der Waals surface area contributed by atoms with Gasteiger partial charge < -0.3 is 10.1 Å². The predicted octanol–water partition coefficient (Wildman–Crippen LogP) is 4.19. The molecule has 2 aromatic carbocycles. The van der Waals surface area contributed by atoms with E-state index in [0.29, 0.717) is 24.7 Å². The molecule has 3 amide bonds. The van der Waals surface area contributed by atoms with Crippen LogP contribution in [0.15, 0.2) is 48.5 Å². The maximum atomic E-state index is 12.9. The van der Waals surface area contributed by atoms with Crippen LogP contribution in [0, 0.1) is 5.82 Å². The standard InChI is InChI=1S/C22H25FN2O3/c1-15(2)16-5-7-17(8-6-16)22(3)20(26)25(21(27)24-22)13-4-14-28-19-11-9-18(23)10-12-19/h5-12,15H,4,13-14H2,1-3H3,(H,24,27). The van der Waals surface area contributed by atoms with Gasteiger partial charge in [-0.25, -0.2) is 9.18 Å². The third kappa shape index (κ3) is 4.01. The first-order valence-corrected chi connectivity index (χ1v) is 9.44. The number of hydrogen-bond acceptors (Lipinski definition) is 3. The van der Waals surface area contributed by atoms with E-state index in [4.69, 9.17) is 4.74 Å². The van der Waals surface area contributed by atoms with Gasteiger partial charge in [0.25, 0.3) is 5.91 Å². The van der Waals surface area contributed by atoms with E-state index in [1.165, 1.54) is 22.6 Å². The highest BCUT2D eigenvalue weighted by Crippen LogP contribution is 2.30. The maximum absolute atomic E-state index is 12.9. The number of nitrogens with zero attached hydrogens (tertiary/aromatic N) is 1. The minimum Gasteiger partial charge on any atom is -0.494 e. The van der Waals surface area contributed by atoms with Crippen molar-refractivity contribution in [3.8, 4) is 5.75 Å². The van der Waals surface area contributed by atoms with Crippen LogP contribution < -0.4 is 10.1 Å². The van der Waals surface area contributed by atoms with Crippen LogP contribution >= 0.6 is 0 Å². The van der Waals surface area contributed by atoms with Gasteiger partial charge in [-0.1, -0.05) is 38.1 Å². The van der Waals surface area contributed by atoms with E-state index in [-0.39, 0.29) is 18.3 Å². The fourth-order valence-electron chi connectivity index (χ4n) is 3.24. The Morgan fingerprint density at radius 3 is 2.32 bits per heavy atom. The van der Waals surface area contributed by atoms with Crippen molar-refractivity contribution in [2.75, 3.05) is 13.2 Å². The van der Waals surface area contributed by atoms with E-state index in [0.717, 1.165) is 5.56 Å². The second-order valence-electron chi connectivity index (χ2n) is 7.44. The van der Waals surface area contributed by atoms with Gasteiger partial charge in [-0.2, -0.15) is 0 Å². The Morgan fingerprint density at radius 1 is 1.07 bits per heavy atom. The van der Waals surface area contributed by atoms with Gasteiger partial charge in [0.15, 0.2) is 0 Å². The molecule has 1 saturated heterocycles. The molecular formula is C22H25FN2O3. The quantitative estimate of drug-likeness (QED) is 0.575. The zero-order valence-electron chi connectivity index (χ0n) is 16.4. The molecule has 0 aromatic heterocycles. The van der Waals surface area contributed by atoms with Gasteiger partial charge in [-0.15, -0.1) is 0 Å². The van der Waals surface area contributed by atoms with Crippen LogP contribution in [0.1, 0.15) is 44.2 Å². The molecule has 1 fully saturated rings. The van der Waals surface area contributed by atoms with Crippen LogP contribution in [0.25, 0.3) is 0 Å². The van der Waals surface area contributed by atoms with Gasteiger partial charge in [0.2, 0.25) is 0 Å². The van der Waals surface area contributed by atoms with Crippen LogP contribution in [0.5, 0.6) is 5.75 Å². The molecule has 0 saturated carbocycles. The van der Waals surface area contributed by atoms with Crippen molar-refractivity contribution in [2.24, 2.45) is 0 Å². The van der Waals surface area contributed by atoms with Crippen LogP contribution in [0.3, 0.4) is 0 Å². The smallest absolute Gasteiger partial charge is 0.325 e. The Kier molecular flexibility index (Phi) is 5.68. The first kappa shape index (κ1) is 19.9. The summed E-state index contributed by atoms with van der Waals surface area (Å²) in [7, 11) is 0. The number of imide groups is 1. The summed E-state index contributed by atoms with van der Waals surface area (Å²) in [6, 6.07) is 13.1. The van der Waals surface area contributed by atoms with Crippen molar-refractivity contribution in [3.63, 3.8) is 0 Å². The van der Waals surface area contributed by atoms with Crippen molar-refractivity contribution in [1.82, 2.24) is 10.2 Å². The molecule has 2 aromatic rings. The molecule has 28 heavy (non-hydrogen) atoms. The number of halogens is 1. The third-order valence-electron chi connectivity index (χ3n) is 5.04. The number of urea groups is 1. The molecule has 1 aliphatic rings. The van der Waals surface area contributed by atoms with Crippen molar-refractivity contribution in [1.29, 1.82) is 0 Å². The molecule has 6 heteroatoms. The summed E-state index contributed by atoms with van der Waals surface area (Å²) in [5, 5.41) is 2.81. The monoisotopic (exact) mass is 384 g/mol. The second kappa shape index (κ2) is 8.00. The van der Waals surface area contributed by atoms with Crippen LogP contribution in [-0.4, -0.2) is 30.0 Å². The summed E-state index contributed by atoms with van der Waals surface area (Å²) < 4.78 is 18.4. The molecule has 1 aliphatic heterocycles. The molecule has 0 bridgehead atoms. The molecule has 0 radical (unpaired) electrons. The van der Waals surface area contributed by atoms with E-state index in [2.05, 4.69) is 19.2 Å². The summed E-state index contributed by atoms with van der Waals surface area (Å²) in [4.78, 5) is 26.5. The largest absolute Gasteiger partial charge is 0.494 e. The van der Waals surface area contributed by atoms with Gasteiger partial charge in [0.1, 0.15) is 17.1 Å². The molecular weight excluding hydrogens is 359 g/mol. The Bertz CT molecular complexity index is 849. The summed E-state index contributed by atoms with van der Waals surface area (Å²) in [6.45, 7) is 6.52. The highest BCUT2D eigenvalue weighted by Gasteiger charge is 2.48. The SMILES string of the molecule is CC(C)c1ccc(C2(C)NC(=O)N(CCCOc3ccc(F)cc3)C2=O)cc1. The topological polar surface area (TPSA) is 58.6 Å². The average molecular weight is 384 g/mol. The van der Waals surface area contributed by atoms with Crippen molar-refractivity contribution in [3.05, 3.63) is 65.5 Å². The lowest BCUT2D eigenvalue weighted by Gasteiger charge is -2.23. The lowest BCUT2D eigenvalue weighted by Crippen LogP contribution is -2.41. The Balaban J connectivity index is 1.60. The predicted molar refractivity (Wildman–Crippen MR) is 105 cm³/mol. The normalized spacial score (nSPS) is 19.2. The number of rotatable bonds is 7. The summed E-state index contributed by atoms with van der Waals surface area (Å²) in [5.41, 5.74) is 0.879. The maximum Gasteiger partial charge on any atom is 0.325 e. The number of carbonyl (C=O) groups excluding carboxylic acids is 2. The molecule has 1 N–H and O–H groups in total. The highest BCUT2D eigenvalue weighted by atomic mass is 19.1. The number of amides is 3. The average Bonchev–Trinajstić information content (AvgIpc) is 2.90. The first-order chi connectivity index (χ1) is 13.3. The lowest BCUT2D eigenvalue weighted by atomic mass is 9.90. The molecule has 3 rings (SSSR count). The number of carbonyl (C=O) groups is 2. The van der Waals surface area contributed by atoms with Gasteiger partial charge >= 0.3 is 6.03 Å². The van der Waals surface area contributed by atoms with Crippen LogP contribution in [0.4, 0.5) is 9.18 Å². The fraction of sp³-hybridized carbons (Fsp3) is 0.364. The zero-order chi connectivity index (χ0) is 20.3. The van der Waals surface area contributed by atoms with Crippen molar-refractivity contribution >= 4 is 11.9 Å².